The Bertz CT molecular complexity index is 304. The van der Waals surface area contributed by atoms with E-state index in [1.165, 1.54) is 0 Å². The molecule has 2 heterocycles. The highest BCUT2D eigenvalue weighted by Crippen LogP contribution is 2.15. The van der Waals surface area contributed by atoms with E-state index in [0.717, 1.165) is 32.0 Å². The van der Waals surface area contributed by atoms with Gasteiger partial charge in [-0.15, -0.1) is 11.3 Å². The second-order valence-corrected chi connectivity index (χ2v) is 5.09. The van der Waals surface area contributed by atoms with E-state index >= 15 is 0 Å². The van der Waals surface area contributed by atoms with Crippen molar-refractivity contribution >= 4 is 11.3 Å². The number of likely N-dealkylation sites (N-methyl/N-ethyl adjacent to an activating group) is 1. The van der Waals surface area contributed by atoms with Crippen LogP contribution in [0.4, 0.5) is 0 Å². The molecule has 0 aliphatic carbocycles. The fourth-order valence-electron chi connectivity index (χ4n) is 2.15. The molecule has 1 N–H and O–H groups in total. The van der Waals surface area contributed by atoms with E-state index in [9.17, 15) is 0 Å². The third kappa shape index (κ3) is 3.01. The molecular formula is C11H19N3OS. The fraction of sp³-hybridized carbons (Fsp3) is 0.727. The number of rotatable bonds is 5. The highest BCUT2D eigenvalue weighted by Gasteiger charge is 2.27. The molecule has 0 amide bonds. The van der Waals surface area contributed by atoms with Crippen LogP contribution in [0.25, 0.3) is 0 Å². The summed E-state index contributed by atoms with van der Waals surface area (Å²) in [5.41, 5.74) is 3.05. The van der Waals surface area contributed by atoms with Gasteiger partial charge in [0.05, 0.1) is 24.4 Å². The molecule has 90 valence electrons. The zero-order valence-corrected chi connectivity index (χ0v) is 10.7. The number of nitrogens with one attached hydrogen (secondary N) is 1. The molecule has 1 aliphatic rings. The molecule has 4 nitrogen and oxygen atoms in total. The quantitative estimate of drug-likeness (QED) is 0.828. The maximum atomic E-state index is 5.49. The molecular weight excluding hydrogens is 222 g/mol. The monoisotopic (exact) mass is 241 g/mol. The third-order valence-corrected chi connectivity index (χ3v) is 3.67. The first-order chi connectivity index (χ1) is 7.79. The molecule has 2 rings (SSSR count). The van der Waals surface area contributed by atoms with Crippen LogP contribution in [-0.4, -0.2) is 49.8 Å². The second-order valence-electron chi connectivity index (χ2n) is 4.37. The van der Waals surface area contributed by atoms with Gasteiger partial charge < -0.3 is 15.0 Å². The molecule has 0 saturated carbocycles. The van der Waals surface area contributed by atoms with E-state index in [4.69, 9.17) is 4.74 Å². The second kappa shape index (κ2) is 5.72. The number of hydrogen-bond donors (Lipinski definition) is 1. The van der Waals surface area contributed by atoms with Crippen LogP contribution >= 0.6 is 11.3 Å². The molecule has 1 saturated heterocycles. The Morgan fingerprint density at radius 3 is 3.19 bits per heavy atom. The Morgan fingerprint density at radius 2 is 2.50 bits per heavy atom. The van der Waals surface area contributed by atoms with Crippen molar-refractivity contribution in [3.8, 4) is 0 Å². The topological polar surface area (TPSA) is 37.4 Å². The molecule has 1 aromatic rings. The van der Waals surface area contributed by atoms with Crippen LogP contribution in [0.2, 0.25) is 0 Å². The summed E-state index contributed by atoms with van der Waals surface area (Å²) in [7, 11) is 4.15. The number of aromatic nitrogens is 1. The van der Waals surface area contributed by atoms with Crippen molar-refractivity contribution in [3.05, 3.63) is 16.6 Å². The SMILES string of the molecule is CNC1COCC1CN(C)Cc1cscn1. The Labute approximate surface area is 101 Å². The molecule has 0 radical (unpaired) electrons. The number of nitrogens with zero attached hydrogens (tertiary/aromatic N) is 2. The van der Waals surface area contributed by atoms with Gasteiger partial charge >= 0.3 is 0 Å². The summed E-state index contributed by atoms with van der Waals surface area (Å²) in [6, 6.07) is 0.498. The van der Waals surface area contributed by atoms with Crippen molar-refractivity contribution in [2.45, 2.75) is 12.6 Å². The first-order valence-corrected chi connectivity index (χ1v) is 6.54. The lowest BCUT2D eigenvalue weighted by atomic mass is 10.0. The Balaban J connectivity index is 1.80. The van der Waals surface area contributed by atoms with Crippen molar-refractivity contribution in [1.29, 1.82) is 0 Å². The van der Waals surface area contributed by atoms with Crippen molar-refractivity contribution in [2.75, 3.05) is 33.9 Å². The van der Waals surface area contributed by atoms with Crippen LogP contribution in [-0.2, 0) is 11.3 Å². The van der Waals surface area contributed by atoms with Crippen molar-refractivity contribution in [2.24, 2.45) is 5.92 Å². The smallest absolute Gasteiger partial charge is 0.0795 e. The number of thiazole rings is 1. The third-order valence-electron chi connectivity index (χ3n) is 3.03. The van der Waals surface area contributed by atoms with E-state index in [1.807, 2.05) is 12.6 Å². The van der Waals surface area contributed by atoms with Crippen LogP contribution in [0.1, 0.15) is 5.69 Å². The van der Waals surface area contributed by atoms with E-state index in [-0.39, 0.29) is 0 Å². The van der Waals surface area contributed by atoms with Gasteiger partial charge in [0.2, 0.25) is 0 Å². The summed E-state index contributed by atoms with van der Waals surface area (Å²) in [6.07, 6.45) is 0. The van der Waals surface area contributed by atoms with E-state index < -0.39 is 0 Å². The van der Waals surface area contributed by atoms with Crippen LogP contribution in [0.15, 0.2) is 10.9 Å². The van der Waals surface area contributed by atoms with Crippen molar-refractivity contribution < 1.29 is 4.74 Å². The molecule has 16 heavy (non-hydrogen) atoms. The minimum atomic E-state index is 0.498. The van der Waals surface area contributed by atoms with Crippen LogP contribution < -0.4 is 5.32 Å². The van der Waals surface area contributed by atoms with Gasteiger partial charge in [-0.25, -0.2) is 4.98 Å². The normalized spacial score (nSPS) is 25.4. The maximum Gasteiger partial charge on any atom is 0.0795 e. The summed E-state index contributed by atoms with van der Waals surface area (Å²) >= 11 is 1.65. The number of hydrogen-bond acceptors (Lipinski definition) is 5. The predicted octanol–water partition coefficient (Wildman–Crippen LogP) is 0.809. The summed E-state index contributed by atoms with van der Waals surface area (Å²) in [4.78, 5) is 6.62. The largest absolute Gasteiger partial charge is 0.379 e. The average molecular weight is 241 g/mol. The van der Waals surface area contributed by atoms with Crippen LogP contribution in [0.3, 0.4) is 0 Å². The van der Waals surface area contributed by atoms with E-state index in [0.29, 0.717) is 12.0 Å². The standard InChI is InChI=1S/C11H19N3OS/c1-12-11-6-15-5-9(11)3-14(2)4-10-7-16-8-13-10/h7-9,11-12H,3-6H2,1-2H3. The van der Waals surface area contributed by atoms with Crippen LogP contribution in [0, 0.1) is 5.92 Å². The van der Waals surface area contributed by atoms with Gasteiger partial charge in [0.15, 0.2) is 0 Å². The Kier molecular flexibility index (Phi) is 4.29. The van der Waals surface area contributed by atoms with E-state index in [1.54, 1.807) is 11.3 Å². The first kappa shape index (κ1) is 12.0. The number of ether oxygens (including phenoxy) is 1. The summed E-state index contributed by atoms with van der Waals surface area (Å²) < 4.78 is 5.49. The lowest BCUT2D eigenvalue weighted by Crippen LogP contribution is -2.38. The molecule has 1 aliphatic heterocycles. The zero-order chi connectivity index (χ0) is 11.4. The summed E-state index contributed by atoms with van der Waals surface area (Å²) in [6.45, 7) is 3.69. The summed E-state index contributed by atoms with van der Waals surface area (Å²) in [5.74, 6) is 0.591. The lowest BCUT2D eigenvalue weighted by Gasteiger charge is -2.23. The van der Waals surface area contributed by atoms with Gasteiger partial charge in [-0.2, -0.15) is 0 Å². The van der Waals surface area contributed by atoms with Gasteiger partial charge in [0.25, 0.3) is 0 Å². The highest BCUT2D eigenvalue weighted by atomic mass is 32.1. The van der Waals surface area contributed by atoms with Crippen LogP contribution in [0.5, 0.6) is 0 Å². The summed E-state index contributed by atoms with van der Waals surface area (Å²) in [5, 5.41) is 5.42. The van der Waals surface area contributed by atoms with Gasteiger partial charge in [0.1, 0.15) is 0 Å². The zero-order valence-electron chi connectivity index (χ0n) is 9.85. The average Bonchev–Trinajstić information content (AvgIpc) is 2.88. The van der Waals surface area contributed by atoms with Gasteiger partial charge in [0, 0.05) is 30.4 Å². The van der Waals surface area contributed by atoms with E-state index in [2.05, 4.69) is 27.6 Å². The van der Waals surface area contributed by atoms with Gasteiger partial charge in [-0.1, -0.05) is 0 Å². The molecule has 2 atom stereocenters. The molecule has 0 spiro atoms. The first-order valence-electron chi connectivity index (χ1n) is 5.60. The maximum absolute atomic E-state index is 5.49. The van der Waals surface area contributed by atoms with Gasteiger partial charge in [-0.05, 0) is 14.1 Å². The lowest BCUT2D eigenvalue weighted by molar-refractivity contribution is 0.172. The molecule has 0 bridgehead atoms. The Hall–Kier alpha value is -0.490. The Morgan fingerprint density at radius 1 is 1.62 bits per heavy atom. The molecule has 1 aromatic heterocycles. The van der Waals surface area contributed by atoms with Gasteiger partial charge in [-0.3, -0.25) is 0 Å². The minimum absolute atomic E-state index is 0.498. The molecule has 5 heteroatoms. The minimum Gasteiger partial charge on any atom is -0.379 e. The molecule has 1 fully saturated rings. The molecule has 2 unspecified atom stereocenters. The van der Waals surface area contributed by atoms with Crippen molar-refractivity contribution in [3.63, 3.8) is 0 Å². The van der Waals surface area contributed by atoms with Crippen molar-refractivity contribution in [1.82, 2.24) is 15.2 Å². The fourth-order valence-corrected chi connectivity index (χ4v) is 2.70. The predicted molar refractivity (Wildman–Crippen MR) is 65.6 cm³/mol. The highest BCUT2D eigenvalue weighted by molar-refractivity contribution is 7.07. The molecule has 0 aromatic carbocycles.